The van der Waals surface area contributed by atoms with Gasteiger partial charge in [0, 0.05) is 5.56 Å². The molecule has 0 aliphatic heterocycles. The molecule has 2 aromatic carbocycles. The third kappa shape index (κ3) is 3.58. The molecule has 0 unspecified atom stereocenters. The van der Waals surface area contributed by atoms with Crippen molar-refractivity contribution in [3.8, 4) is 11.5 Å². The third-order valence-electron chi connectivity index (χ3n) is 2.74. The molecule has 98 valence electrons. The van der Waals surface area contributed by atoms with Crippen LogP contribution < -0.4 is 9.47 Å². The van der Waals surface area contributed by atoms with Gasteiger partial charge in [0.15, 0.2) is 0 Å². The van der Waals surface area contributed by atoms with Crippen molar-refractivity contribution in [1.29, 1.82) is 0 Å². The normalized spacial score (nSPS) is 10.6. The van der Waals surface area contributed by atoms with Crippen LogP contribution in [0.1, 0.15) is 15.6 Å². The second kappa shape index (κ2) is 6.59. The highest BCUT2D eigenvalue weighted by Gasteiger charge is 2.07. The minimum Gasteiger partial charge on any atom is -0.497 e. The first-order valence-corrected chi connectivity index (χ1v) is 6.04. The van der Waals surface area contributed by atoms with Crippen LogP contribution in [0, 0.1) is 0 Å². The van der Waals surface area contributed by atoms with Crippen LogP contribution in [0.3, 0.4) is 0 Å². The molecule has 0 aromatic heterocycles. The Bertz CT molecular complexity index is 547. The topological polar surface area (TPSA) is 29.8 Å². The van der Waals surface area contributed by atoms with E-state index in [0.717, 1.165) is 22.6 Å². The Kier molecular flexibility index (Phi) is 4.56. The molecule has 0 aliphatic rings. The quantitative estimate of drug-likeness (QED) is 0.608. The Labute approximate surface area is 113 Å². The smallest absolute Gasteiger partial charge is 0.320 e. The predicted molar refractivity (Wildman–Crippen MR) is 75.1 cm³/mol. The van der Waals surface area contributed by atoms with Crippen molar-refractivity contribution in [2.24, 2.45) is 0 Å². The summed E-state index contributed by atoms with van der Waals surface area (Å²) < 4.78 is 16.1. The van der Waals surface area contributed by atoms with E-state index in [2.05, 4.69) is 0 Å². The number of ether oxygens (including phenoxy) is 2. The van der Waals surface area contributed by atoms with Crippen molar-refractivity contribution < 1.29 is 13.9 Å². The summed E-state index contributed by atoms with van der Waals surface area (Å²) in [6.07, 6.45) is 1.69. The summed E-state index contributed by atoms with van der Waals surface area (Å²) in [6, 6.07) is 15.6. The fraction of sp³-hybridized carbons (Fsp3) is 0.188. The molecule has 0 saturated carbocycles. The van der Waals surface area contributed by atoms with E-state index in [1.807, 2.05) is 48.5 Å². The largest absolute Gasteiger partial charge is 0.497 e. The van der Waals surface area contributed by atoms with Gasteiger partial charge in [-0.1, -0.05) is 18.2 Å². The van der Waals surface area contributed by atoms with Gasteiger partial charge in [-0.25, -0.2) is 0 Å². The summed E-state index contributed by atoms with van der Waals surface area (Å²) in [5.74, 6) is 1.53. The lowest BCUT2D eigenvalue weighted by atomic mass is 10.2. The fourth-order valence-electron chi connectivity index (χ4n) is 1.73. The third-order valence-corrected chi connectivity index (χ3v) is 2.74. The van der Waals surface area contributed by atoms with Gasteiger partial charge in [-0.05, 0) is 30.3 Å². The SMILES string of the molecule is COc1ccc(OC)c(C=[O+]Cc2ccccc2)c1. The molecule has 0 fully saturated rings. The van der Waals surface area contributed by atoms with Gasteiger partial charge in [-0.2, -0.15) is 0 Å². The molecule has 2 rings (SSSR count). The van der Waals surface area contributed by atoms with Crippen LogP contribution >= 0.6 is 0 Å². The number of hydrogen-bond acceptors (Lipinski definition) is 2. The molecule has 0 bridgehead atoms. The standard InChI is InChI=1S/C16H17O3/c1-17-15-8-9-16(18-2)14(10-15)12-19-11-13-6-4-3-5-7-13/h3-10,12H,11H2,1-2H3/q+1. The highest BCUT2D eigenvalue weighted by molar-refractivity contribution is 5.80. The van der Waals surface area contributed by atoms with Gasteiger partial charge in [0.05, 0.1) is 14.2 Å². The Hall–Kier alpha value is -2.29. The zero-order valence-corrected chi connectivity index (χ0v) is 11.1. The highest BCUT2D eigenvalue weighted by Crippen LogP contribution is 2.22. The fourth-order valence-corrected chi connectivity index (χ4v) is 1.73. The van der Waals surface area contributed by atoms with Crippen LogP contribution in [0.25, 0.3) is 0 Å². The van der Waals surface area contributed by atoms with Crippen LogP contribution in [0.15, 0.2) is 48.5 Å². The minimum absolute atomic E-state index is 0.529. The van der Waals surface area contributed by atoms with Crippen LogP contribution in [-0.4, -0.2) is 20.5 Å². The molecule has 0 spiro atoms. The molecule has 3 heteroatoms. The van der Waals surface area contributed by atoms with Gasteiger partial charge < -0.3 is 9.47 Å². The van der Waals surface area contributed by atoms with Gasteiger partial charge >= 0.3 is 6.29 Å². The molecule has 3 nitrogen and oxygen atoms in total. The Morgan fingerprint density at radius 3 is 2.47 bits per heavy atom. The minimum atomic E-state index is 0.529. The highest BCUT2D eigenvalue weighted by atomic mass is 16.5. The molecular formula is C16H17O3+. The molecule has 2 aromatic rings. The van der Waals surface area contributed by atoms with Crippen LogP contribution in [0.4, 0.5) is 0 Å². The van der Waals surface area contributed by atoms with Crippen LogP contribution in [0.5, 0.6) is 11.5 Å². The van der Waals surface area contributed by atoms with Crippen molar-refractivity contribution in [2.45, 2.75) is 6.61 Å². The monoisotopic (exact) mass is 257 g/mol. The average Bonchev–Trinajstić information content (AvgIpc) is 2.48. The zero-order valence-electron chi connectivity index (χ0n) is 11.1. The first kappa shape index (κ1) is 13.1. The lowest BCUT2D eigenvalue weighted by molar-refractivity contribution is -0.282. The van der Waals surface area contributed by atoms with Crippen molar-refractivity contribution >= 4 is 6.29 Å². The Morgan fingerprint density at radius 2 is 1.79 bits per heavy atom. The van der Waals surface area contributed by atoms with E-state index in [9.17, 15) is 0 Å². The summed E-state index contributed by atoms with van der Waals surface area (Å²) in [7, 11) is 3.27. The molecule has 0 amide bonds. The van der Waals surface area contributed by atoms with Gasteiger partial charge in [0.25, 0.3) is 6.61 Å². The molecule has 0 N–H and O–H groups in total. The van der Waals surface area contributed by atoms with Gasteiger partial charge in [0.1, 0.15) is 17.1 Å². The molecule has 19 heavy (non-hydrogen) atoms. The number of hydrogen-bond donors (Lipinski definition) is 0. The Balaban J connectivity index is 2.13. The number of aldehydes is 1. The van der Waals surface area contributed by atoms with Gasteiger partial charge in [-0.3, -0.25) is 4.42 Å². The van der Waals surface area contributed by atoms with Gasteiger partial charge in [0.2, 0.25) is 0 Å². The maximum absolute atomic E-state index is 5.59. The summed E-state index contributed by atoms with van der Waals surface area (Å²) in [5.41, 5.74) is 1.98. The van der Waals surface area contributed by atoms with Gasteiger partial charge in [-0.15, -0.1) is 0 Å². The number of rotatable bonds is 5. The summed E-state index contributed by atoms with van der Waals surface area (Å²) in [4.78, 5) is 0. The van der Waals surface area contributed by atoms with E-state index >= 15 is 0 Å². The predicted octanol–water partition coefficient (Wildman–Crippen LogP) is 3.25. The lowest BCUT2D eigenvalue weighted by Gasteiger charge is -2.03. The van der Waals surface area contributed by atoms with Crippen molar-refractivity contribution in [3.05, 3.63) is 59.7 Å². The Morgan fingerprint density at radius 1 is 1.00 bits per heavy atom. The summed E-state index contributed by atoms with van der Waals surface area (Å²) >= 11 is 0. The van der Waals surface area contributed by atoms with E-state index in [1.165, 1.54) is 0 Å². The first-order valence-electron chi connectivity index (χ1n) is 6.04. The molecule has 0 atom stereocenters. The molecule has 0 heterocycles. The summed E-state index contributed by atoms with van der Waals surface area (Å²) in [6.45, 7) is 0.529. The second-order valence-electron chi connectivity index (χ2n) is 4.02. The number of carbonyl (C=O) groups excluding carboxylic acids is 1. The average molecular weight is 257 g/mol. The van der Waals surface area contributed by atoms with Crippen LogP contribution in [-0.2, 0) is 6.61 Å². The van der Waals surface area contributed by atoms with Crippen molar-refractivity contribution in [1.82, 2.24) is 0 Å². The van der Waals surface area contributed by atoms with Crippen LogP contribution in [0.2, 0.25) is 0 Å². The van der Waals surface area contributed by atoms with E-state index < -0.39 is 0 Å². The molecule has 0 radical (unpaired) electrons. The van der Waals surface area contributed by atoms with E-state index in [4.69, 9.17) is 13.9 Å². The maximum atomic E-state index is 5.59. The van der Waals surface area contributed by atoms with E-state index in [1.54, 1.807) is 20.5 Å². The number of benzene rings is 2. The second-order valence-corrected chi connectivity index (χ2v) is 4.02. The summed E-state index contributed by atoms with van der Waals surface area (Å²) in [5, 5.41) is 0. The van der Waals surface area contributed by atoms with E-state index in [-0.39, 0.29) is 0 Å². The lowest BCUT2D eigenvalue weighted by Crippen LogP contribution is -1.93. The van der Waals surface area contributed by atoms with Crippen molar-refractivity contribution in [2.75, 3.05) is 14.2 Å². The van der Waals surface area contributed by atoms with Crippen molar-refractivity contribution in [3.63, 3.8) is 0 Å². The molecular weight excluding hydrogens is 240 g/mol. The maximum Gasteiger partial charge on any atom is 0.320 e. The first-order chi connectivity index (χ1) is 9.33. The molecule has 0 aliphatic carbocycles. The zero-order chi connectivity index (χ0) is 13.5. The number of methoxy groups -OCH3 is 2. The van der Waals surface area contributed by atoms with E-state index in [0.29, 0.717) is 6.61 Å². The molecule has 0 saturated heterocycles.